The molecule has 1 unspecified atom stereocenters. The van der Waals surface area contributed by atoms with Crippen molar-refractivity contribution >= 4 is 11.9 Å². The number of carboxylic acids is 1. The zero-order valence-corrected chi connectivity index (χ0v) is 11.9. The molecule has 114 valence electrons. The molecule has 1 amide bonds. The summed E-state index contributed by atoms with van der Waals surface area (Å²) in [6.07, 6.45) is 0. The van der Waals surface area contributed by atoms with Gasteiger partial charge in [-0.15, -0.1) is 0 Å². The van der Waals surface area contributed by atoms with Crippen LogP contribution in [0.2, 0.25) is 0 Å². The van der Waals surface area contributed by atoms with Crippen molar-refractivity contribution in [2.24, 2.45) is 0 Å². The van der Waals surface area contributed by atoms with Crippen molar-refractivity contribution in [1.29, 1.82) is 0 Å². The van der Waals surface area contributed by atoms with Crippen molar-refractivity contribution in [3.8, 4) is 0 Å². The maximum Gasteiger partial charge on any atom is 0.354 e. The molecule has 1 atom stereocenters. The van der Waals surface area contributed by atoms with E-state index in [-0.39, 0.29) is 17.6 Å². The molecule has 0 spiro atoms. The molecule has 1 aromatic heterocycles. The number of pyridine rings is 1. The van der Waals surface area contributed by atoms with E-state index in [2.05, 4.69) is 10.3 Å². The van der Waals surface area contributed by atoms with Gasteiger partial charge in [-0.25, -0.2) is 9.78 Å². The van der Waals surface area contributed by atoms with E-state index >= 15 is 0 Å². The van der Waals surface area contributed by atoms with Crippen molar-refractivity contribution in [2.45, 2.75) is 19.5 Å². The topological polar surface area (TPSA) is 91.8 Å². The molecule has 0 aromatic carbocycles. The minimum Gasteiger partial charge on any atom is -0.477 e. The molecule has 0 radical (unpaired) electrons. The van der Waals surface area contributed by atoms with E-state index in [1.54, 1.807) is 12.1 Å². The lowest BCUT2D eigenvalue weighted by Crippen LogP contribution is -2.53. The van der Waals surface area contributed by atoms with Crippen LogP contribution in [0.15, 0.2) is 18.2 Å². The highest BCUT2D eigenvalue weighted by atomic mass is 16.5. The molecule has 2 N–H and O–H groups in total. The number of carbonyl (C=O) groups excluding carboxylic acids is 1. The molecule has 1 aliphatic heterocycles. The number of carbonyl (C=O) groups is 2. The second-order valence-electron chi connectivity index (χ2n) is 4.78. The predicted octanol–water partition coefficient (Wildman–Crippen LogP) is 0.117. The number of morpholine rings is 1. The molecule has 2 heterocycles. The Morgan fingerprint density at radius 3 is 3.05 bits per heavy atom. The molecule has 0 aliphatic carbocycles. The van der Waals surface area contributed by atoms with Gasteiger partial charge in [0.05, 0.1) is 18.9 Å². The number of amides is 1. The van der Waals surface area contributed by atoms with Crippen LogP contribution < -0.4 is 5.32 Å². The van der Waals surface area contributed by atoms with Gasteiger partial charge in [-0.05, 0) is 19.1 Å². The Morgan fingerprint density at radius 2 is 2.33 bits per heavy atom. The van der Waals surface area contributed by atoms with E-state index in [1.807, 2.05) is 11.8 Å². The Hall–Kier alpha value is -1.99. The molecule has 2 rings (SSSR count). The molecular formula is C14H19N3O4. The molecule has 0 saturated carbocycles. The zero-order valence-electron chi connectivity index (χ0n) is 11.9. The molecule has 7 nitrogen and oxygen atoms in total. The summed E-state index contributed by atoms with van der Waals surface area (Å²) in [6, 6.07) is 4.50. The highest BCUT2D eigenvalue weighted by molar-refractivity contribution is 5.85. The minimum atomic E-state index is -1.06. The summed E-state index contributed by atoms with van der Waals surface area (Å²) < 4.78 is 5.36. The van der Waals surface area contributed by atoms with Crippen molar-refractivity contribution in [2.75, 3.05) is 26.3 Å². The number of aromatic nitrogens is 1. The Labute approximate surface area is 122 Å². The standard InChI is InChI=1S/C14H19N3O4/c1-2-15-13(18)12-9-21-7-6-17(12)8-10-4-3-5-11(16-10)14(19)20/h3-5,12H,2,6-9H2,1H3,(H,15,18)(H,19,20). The molecule has 21 heavy (non-hydrogen) atoms. The van der Waals surface area contributed by atoms with Crippen LogP contribution in [0.1, 0.15) is 23.1 Å². The number of ether oxygens (including phenoxy) is 1. The number of hydrogen-bond acceptors (Lipinski definition) is 5. The van der Waals surface area contributed by atoms with Gasteiger partial charge in [0.2, 0.25) is 5.91 Å². The Morgan fingerprint density at radius 1 is 1.52 bits per heavy atom. The van der Waals surface area contributed by atoms with E-state index in [4.69, 9.17) is 9.84 Å². The third-order valence-electron chi connectivity index (χ3n) is 3.28. The molecule has 7 heteroatoms. The Balaban J connectivity index is 2.10. The summed E-state index contributed by atoms with van der Waals surface area (Å²) in [7, 11) is 0. The van der Waals surface area contributed by atoms with Gasteiger partial charge in [0.1, 0.15) is 11.7 Å². The van der Waals surface area contributed by atoms with Gasteiger partial charge in [0.15, 0.2) is 0 Å². The third kappa shape index (κ3) is 3.99. The van der Waals surface area contributed by atoms with Crippen LogP contribution in [0, 0.1) is 0 Å². The summed E-state index contributed by atoms with van der Waals surface area (Å²) in [5, 5.41) is 11.8. The number of likely N-dealkylation sites (N-methyl/N-ethyl adjacent to an activating group) is 1. The number of rotatable bonds is 5. The minimum absolute atomic E-state index is 0.00955. The predicted molar refractivity (Wildman–Crippen MR) is 74.9 cm³/mol. The van der Waals surface area contributed by atoms with Gasteiger partial charge in [0.25, 0.3) is 0 Å². The fraction of sp³-hybridized carbons (Fsp3) is 0.500. The summed E-state index contributed by atoms with van der Waals surface area (Å²) in [5.74, 6) is -1.13. The van der Waals surface area contributed by atoms with E-state index < -0.39 is 5.97 Å². The van der Waals surface area contributed by atoms with Crippen LogP contribution in [0.3, 0.4) is 0 Å². The monoisotopic (exact) mass is 293 g/mol. The highest BCUT2D eigenvalue weighted by Gasteiger charge is 2.29. The van der Waals surface area contributed by atoms with E-state index in [0.717, 1.165) is 0 Å². The first-order chi connectivity index (χ1) is 10.1. The molecular weight excluding hydrogens is 274 g/mol. The first-order valence-corrected chi connectivity index (χ1v) is 6.90. The lowest BCUT2D eigenvalue weighted by atomic mass is 10.2. The van der Waals surface area contributed by atoms with Crippen LogP contribution in [0.4, 0.5) is 0 Å². The average molecular weight is 293 g/mol. The van der Waals surface area contributed by atoms with Crippen molar-refractivity contribution < 1.29 is 19.4 Å². The number of nitrogens with zero attached hydrogens (tertiary/aromatic N) is 2. The normalized spacial score (nSPS) is 19.2. The maximum absolute atomic E-state index is 12.0. The lowest BCUT2D eigenvalue weighted by Gasteiger charge is -2.34. The summed E-state index contributed by atoms with van der Waals surface area (Å²) >= 11 is 0. The smallest absolute Gasteiger partial charge is 0.354 e. The first-order valence-electron chi connectivity index (χ1n) is 6.90. The molecule has 0 bridgehead atoms. The first kappa shape index (κ1) is 15.4. The maximum atomic E-state index is 12.0. The van der Waals surface area contributed by atoms with E-state index in [9.17, 15) is 9.59 Å². The molecule has 1 aliphatic rings. The van der Waals surface area contributed by atoms with Crippen LogP contribution in [-0.2, 0) is 16.1 Å². The fourth-order valence-electron chi connectivity index (χ4n) is 2.26. The van der Waals surface area contributed by atoms with Gasteiger partial charge in [-0.1, -0.05) is 6.07 Å². The fourth-order valence-corrected chi connectivity index (χ4v) is 2.26. The van der Waals surface area contributed by atoms with E-state index in [1.165, 1.54) is 6.07 Å². The van der Waals surface area contributed by atoms with Gasteiger partial charge in [0, 0.05) is 19.6 Å². The molecule has 1 saturated heterocycles. The van der Waals surface area contributed by atoms with Crippen LogP contribution >= 0.6 is 0 Å². The quantitative estimate of drug-likeness (QED) is 0.801. The van der Waals surface area contributed by atoms with Crippen molar-refractivity contribution in [3.05, 3.63) is 29.6 Å². The SMILES string of the molecule is CCNC(=O)C1COCCN1Cc1cccc(C(=O)O)n1. The largest absolute Gasteiger partial charge is 0.477 e. The van der Waals surface area contributed by atoms with Gasteiger partial charge in [-0.2, -0.15) is 0 Å². The Kier molecular flexibility index (Phi) is 5.24. The average Bonchev–Trinajstić information content (AvgIpc) is 2.48. The van der Waals surface area contributed by atoms with Gasteiger partial charge >= 0.3 is 5.97 Å². The van der Waals surface area contributed by atoms with Crippen molar-refractivity contribution in [3.63, 3.8) is 0 Å². The number of aromatic carboxylic acids is 1. The summed E-state index contributed by atoms with van der Waals surface area (Å²) in [4.78, 5) is 29.0. The lowest BCUT2D eigenvalue weighted by molar-refractivity contribution is -0.132. The number of nitrogens with one attached hydrogen (secondary N) is 1. The Bertz CT molecular complexity index is 521. The van der Waals surface area contributed by atoms with Gasteiger partial charge in [-0.3, -0.25) is 9.69 Å². The molecule has 1 fully saturated rings. The summed E-state index contributed by atoms with van der Waals surface area (Å²) in [5.41, 5.74) is 0.640. The second-order valence-corrected chi connectivity index (χ2v) is 4.78. The second kappa shape index (κ2) is 7.14. The van der Waals surface area contributed by atoms with E-state index in [0.29, 0.717) is 38.5 Å². The van der Waals surface area contributed by atoms with Crippen LogP contribution in [0.25, 0.3) is 0 Å². The zero-order chi connectivity index (χ0) is 15.2. The van der Waals surface area contributed by atoms with Gasteiger partial charge < -0.3 is 15.2 Å². The highest BCUT2D eigenvalue weighted by Crippen LogP contribution is 2.12. The molecule has 1 aromatic rings. The summed E-state index contributed by atoms with van der Waals surface area (Å²) in [6.45, 7) is 4.35. The third-order valence-corrected chi connectivity index (χ3v) is 3.28. The number of hydrogen-bond donors (Lipinski definition) is 2. The van der Waals surface area contributed by atoms with Crippen LogP contribution in [-0.4, -0.2) is 59.2 Å². The number of carboxylic acid groups (broad SMARTS) is 1. The van der Waals surface area contributed by atoms with Crippen molar-refractivity contribution in [1.82, 2.24) is 15.2 Å². The van der Waals surface area contributed by atoms with Crippen LogP contribution in [0.5, 0.6) is 0 Å².